The first-order valence-electron chi connectivity index (χ1n) is 2.70. The maximum absolute atomic E-state index is 12.5. The van der Waals surface area contributed by atoms with Crippen molar-refractivity contribution in [1.82, 2.24) is 0 Å². The molecule has 0 spiro atoms. The molecule has 10 heavy (non-hydrogen) atoms. The van der Waals surface area contributed by atoms with Crippen LogP contribution in [-0.4, -0.2) is 5.91 Å². The summed E-state index contributed by atoms with van der Waals surface area (Å²) in [7, 11) is 0. The minimum absolute atomic E-state index is 0.00347. The van der Waals surface area contributed by atoms with E-state index < -0.39 is 5.91 Å². The van der Waals surface area contributed by atoms with E-state index in [4.69, 9.17) is 5.73 Å². The summed E-state index contributed by atoms with van der Waals surface area (Å²) in [5, 5.41) is 1.59. The monoisotopic (exact) mass is 159 g/mol. The third-order valence-corrected chi connectivity index (χ3v) is 1.92. The van der Waals surface area contributed by atoms with Gasteiger partial charge in [0.05, 0.1) is 6.42 Å². The van der Waals surface area contributed by atoms with Gasteiger partial charge in [0.25, 0.3) is 0 Å². The number of primary amides is 1. The molecule has 0 fully saturated rings. The van der Waals surface area contributed by atoms with Crippen LogP contribution in [0.2, 0.25) is 0 Å². The Balaban J connectivity index is 2.74. The zero-order chi connectivity index (χ0) is 7.56. The number of amides is 1. The van der Waals surface area contributed by atoms with Crippen LogP contribution in [0.25, 0.3) is 0 Å². The fourth-order valence-corrected chi connectivity index (χ4v) is 1.37. The van der Waals surface area contributed by atoms with Crippen molar-refractivity contribution in [2.75, 3.05) is 0 Å². The second-order valence-corrected chi connectivity index (χ2v) is 2.84. The molecule has 1 heterocycles. The largest absolute Gasteiger partial charge is 0.369 e. The van der Waals surface area contributed by atoms with Crippen molar-refractivity contribution in [2.24, 2.45) is 5.73 Å². The average Bonchev–Trinajstić information content (AvgIpc) is 2.15. The first-order valence-corrected chi connectivity index (χ1v) is 3.58. The molecule has 0 unspecified atom stereocenters. The summed E-state index contributed by atoms with van der Waals surface area (Å²) >= 11 is 1.20. The number of rotatable bonds is 2. The highest BCUT2D eigenvalue weighted by Gasteiger charge is 2.05. The van der Waals surface area contributed by atoms with Crippen molar-refractivity contribution >= 4 is 17.2 Å². The van der Waals surface area contributed by atoms with Crippen LogP contribution in [0.15, 0.2) is 11.4 Å². The Bertz CT molecular complexity index is 246. The highest BCUT2D eigenvalue weighted by molar-refractivity contribution is 7.10. The van der Waals surface area contributed by atoms with Gasteiger partial charge in [0, 0.05) is 4.88 Å². The number of hydrogen-bond acceptors (Lipinski definition) is 2. The van der Waals surface area contributed by atoms with E-state index in [0.29, 0.717) is 4.88 Å². The van der Waals surface area contributed by atoms with Crippen LogP contribution in [-0.2, 0) is 11.2 Å². The predicted molar refractivity (Wildman–Crippen MR) is 37.2 cm³/mol. The molecule has 0 aliphatic heterocycles. The van der Waals surface area contributed by atoms with E-state index in [1.807, 2.05) is 0 Å². The summed E-state index contributed by atoms with van der Waals surface area (Å²) in [5.74, 6) is -0.842. The van der Waals surface area contributed by atoms with Crippen molar-refractivity contribution < 1.29 is 9.18 Å². The van der Waals surface area contributed by atoms with Crippen molar-refractivity contribution in [3.8, 4) is 0 Å². The summed E-state index contributed by atoms with van der Waals surface area (Å²) in [4.78, 5) is 10.7. The normalized spacial score (nSPS) is 9.70. The summed E-state index contributed by atoms with van der Waals surface area (Å²) < 4.78 is 12.5. The Kier molecular flexibility index (Phi) is 2.01. The molecule has 0 saturated heterocycles. The summed E-state index contributed by atoms with van der Waals surface area (Å²) in [5.41, 5.74) is 4.85. The minimum Gasteiger partial charge on any atom is -0.369 e. The molecule has 0 aliphatic carbocycles. The molecule has 4 heteroatoms. The van der Waals surface area contributed by atoms with E-state index in [0.717, 1.165) is 0 Å². The van der Waals surface area contributed by atoms with E-state index in [1.54, 1.807) is 5.38 Å². The lowest BCUT2D eigenvalue weighted by atomic mass is 10.3. The van der Waals surface area contributed by atoms with Gasteiger partial charge in [-0.25, -0.2) is 4.39 Å². The van der Waals surface area contributed by atoms with E-state index in [2.05, 4.69) is 0 Å². The zero-order valence-corrected chi connectivity index (χ0v) is 5.95. The molecule has 2 N–H and O–H groups in total. The topological polar surface area (TPSA) is 43.1 Å². The number of nitrogens with two attached hydrogens (primary N) is 1. The number of carbonyl (C=O) groups excluding carboxylic acids is 1. The number of hydrogen-bond donors (Lipinski definition) is 1. The average molecular weight is 159 g/mol. The van der Waals surface area contributed by atoms with Crippen LogP contribution < -0.4 is 5.73 Å². The highest BCUT2D eigenvalue weighted by Crippen LogP contribution is 2.14. The molecule has 0 bridgehead atoms. The second-order valence-electron chi connectivity index (χ2n) is 1.83. The van der Waals surface area contributed by atoms with Gasteiger partial charge < -0.3 is 5.73 Å². The van der Waals surface area contributed by atoms with Crippen molar-refractivity contribution in [2.45, 2.75) is 6.42 Å². The number of halogens is 1. The summed E-state index contributed by atoms with van der Waals surface area (Å²) in [6.45, 7) is 0. The molecular weight excluding hydrogens is 153 g/mol. The van der Waals surface area contributed by atoms with Gasteiger partial charge in [-0.2, -0.15) is 0 Å². The molecule has 54 valence electrons. The van der Waals surface area contributed by atoms with E-state index in [-0.39, 0.29) is 12.2 Å². The number of carbonyl (C=O) groups is 1. The van der Waals surface area contributed by atoms with Gasteiger partial charge in [0.1, 0.15) is 5.82 Å². The lowest BCUT2D eigenvalue weighted by molar-refractivity contribution is -0.117. The molecule has 0 radical (unpaired) electrons. The third kappa shape index (κ3) is 1.54. The summed E-state index contributed by atoms with van der Waals surface area (Å²) in [6.07, 6.45) is 0.00347. The molecule has 0 saturated carbocycles. The first kappa shape index (κ1) is 7.21. The SMILES string of the molecule is NC(=O)Cc1sccc1F. The van der Waals surface area contributed by atoms with Crippen LogP contribution in [0.5, 0.6) is 0 Å². The standard InChI is InChI=1S/C6H6FNOS/c7-4-1-2-10-5(4)3-6(8)9/h1-2H,3H2,(H2,8,9). The molecular formula is C6H6FNOS. The van der Waals surface area contributed by atoms with Crippen molar-refractivity contribution in [3.05, 3.63) is 22.1 Å². The smallest absolute Gasteiger partial charge is 0.222 e. The number of thiophene rings is 1. The molecule has 1 aromatic heterocycles. The van der Waals surface area contributed by atoms with Crippen LogP contribution in [0.3, 0.4) is 0 Å². The van der Waals surface area contributed by atoms with Crippen LogP contribution >= 0.6 is 11.3 Å². The van der Waals surface area contributed by atoms with E-state index in [1.165, 1.54) is 17.4 Å². The quantitative estimate of drug-likeness (QED) is 0.685. The molecule has 0 aliphatic rings. The van der Waals surface area contributed by atoms with Crippen LogP contribution in [0, 0.1) is 5.82 Å². The molecule has 2 nitrogen and oxygen atoms in total. The Morgan fingerprint density at radius 1 is 1.80 bits per heavy atom. The maximum atomic E-state index is 12.5. The van der Waals surface area contributed by atoms with E-state index in [9.17, 15) is 9.18 Å². The van der Waals surface area contributed by atoms with Crippen LogP contribution in [0.1, 0.15) is 4.88 Å². The molecule has 1 rings (SSSR count). The Morgan fingerprint density at radius 3 is 2.90 bits per heavy atom. The second kappa shape index (κ2) is 2.79. The zero-order valence-electron chi connectivity index (χ0n) is 5.13. The Labute approximate surface area is 61.5 Å². The van der Waals surface area contributed by atoms with Crippen molar-refractivity contribution in [1.29, 1.82) is 0 Å². The van der Waals surface area contributed by atoms with Gasteiger partial charge in [-0.3, -0.25) is 4.79 Å². The van der Waals surface area contributed by atoms with Gasteiger partial charge >= 0.3 is 0 Å². The molecule has 1 amide bonds. The van der Waals surface area contributed by atoms with Crippen molar-refractivity contribution in [3.63, 3.8) is 0 Å². The third-order valence-electron chi connectivity index (χ3n) is 1.03. The summed E-state index contributed by atoms with van der Waals surface area (Å²) in [6, 6.07) is 1.32. The van der Waals surface area contributed by atoms with Crippen LogP contribution in [0.4, 0.5) is 4.39 Å². The predicted octanol–water partition coefficient (Wildman–Crippen LogP) is 0.915. The van der Waals surface area contributed by atoms with Gasteiger partial charge in [-0.1, -0.05) is 0 Å². The Hall–Kier alpha value is -0.900. The fourth-order valence-electron chi connectivity index (χ4n) is 0.609. The highest BCUT2D eigenvalue weighted by atomic mass is 32.1. The minimum atomic E-state index is -0.499. The first-order chi connectivity index (χ1) is 4.70. The molecule has 0 aromatic carbocycles. The van der Waals surface area contributed by atoms with Gasteiger partial charge in [0.15, 0.2) is 0 Å². The molecule has 1 aromatic rings. The lowest BCUT2D eigenvalue weighted by Crippen LogP contribution is -2.13. The van der Waals surface area contributed by atoms with Gasteiger partial charge in [-0.15, -0.1) is 11.3 Å². The van der Waals surface area contributed by atoms with E-state index >= 15 is 0 Å². The Morgan fingerprint density at radius 2 is 2.50 bits per heavy atom. The van der Waals surface area contributed by atoms with Gasteiger partial charge in [-0.05, 0) is 11.4 Å². The maximum Gasteiger partial charge on any atom is 0.222 e. The van der Waals surface area contributed by atoms with Gasteiger partial charge in [0.2, 0.25) is 5.91 Å². The molecule has 0 atom stereocenters. The lowest BCUT2D eigenvalue weighted by Gasteiger charge is -1.89. The fraction of sp³-hybridized carbons (Fsp3) is 0.167.